The van der Waals surface area contributed by atoms with Crippen LogP contribution in [-0.4, -0.2) is 19.5 Å². The first-order valence-electron chi connectivity index (χ1n) is 7.40. The second-order valence-corrected chi connectivity index (χ2v) is 8.05. The summed E-state index contributed by atoms with van der Waals surface area (Å²) < 4.78 is 27.5. The lowest BCUT2D eigenvalue weighted by Gasteiger charge is -2.07. The topological polar surface area (TPSA) is 83.5 Å². The van der Waals surface area contributed by atoms with Gasteiger partial charge in [-0.05, 0) is 30.2 Å². The lowest BCUT2D eigenvalue weighted by atomic mass is 10.1. The number of sulfonamides is 1. The summed E-state index contributed by atoms with van der Waals surface area (Å²) in [7, 11) is -3.86. The summed E-state index contributed by atoms with van der Waals surface area (Å²) in [4.78, 5) is 12.5. The van der Waals surface area contributed by atoms with Gasteiger partial charge in [0.15, 0.2) is 0 Å². The van der Waals surface area contributed by atoms with E-state index < -0.39 is 16.0 Å². The summed E-state index contributed by atoms with van der Waals surface area (Å²) in [5.74, 6) is -1.17. The van der Waals surface area contributed by atoms with Crippen molar-refractivity contribution in [3.8, 4) is 10.4 Å². The Labute approximate surface area is 149 Å². The van der Waals surface area contributed by atoms with Gasteiger partial charge >= 0.3 is 5.97 Å². The maximum absolute atomic E-state index is 12.5. The fourth-order valence-corrected chi connectivity index (χ4v) is 5.02. The molecule has 0 unspecified atom stereocenters. The number of hydrogen-bond acceptors (Lipinski definition) is 4. The lowest BCUT2D eigenvalue weighted by molar-refractivity contribution is 0.0698. The Morgan fingerprint density at radius 1 is 1.00 bits per heavy atom. The molecule has 0 amide bonds. The second-order valence-electron chi connectivity index (χ2n) is 5.35. The predicted molar refractivity (Wildman–Crippen MR) is 98.7 cm³/mol. The summed E-state index contributed by atoms with van der Waals surface area (Å²) in [5.41, 5.74) is 1.36. The number of benzene rings is 2. The van der Waals surface area contributed by atoms with Gasteiger partial charge in [-0.1, -0.05) is 48.5 Å². The minimum atomic E-state index is -3.86. The van der Waals surface area contributed by atoms with Crippen LogP contribution in [0, 0.1) is 6.92 Å². The number of rotatable bonds is 5. The largest absolute Gasteiger partial charge is 0.478 e. The highest BCUT2D eigenvalue weighted by molar-refractivity contribution is 7.93. The van der Waals surface area contributed by atoms with Gasteiger partial charge in [0.25, 0.3) is 10.0 Å². The van der Waals surface area contributed by atoms with Crippen molar-refractivity contribution in [3.63, 3.8) is 0 Å². The van der Waals surface area contributed by atoms with Crippen LogP contribution in [0.3, 0.4) is 0 Å². The molecule has 0 aliphatic heterocycles. The smallest absolute Gasteiger partial charge is 0.339 e. The molecule has 25 heavy (non-hydrogen) atoms. The number of carbonyl (C=O) groups is 1. The highest BCUT2D eigenvalue weighted by atomic mass is 32.2. The summed E-state index contributed by atoms with van der Waals surface area (Å²) in [5, 5.41) is 9.65. The van der Waals surface area contributed by atoms with Crippen LogP contribution in [0.4, 0.5) is 5.00 Å². The van der Waals surface area contributed by atoms with Crippen LogP contribution < -0.4 is 4.72 Å². The van der Waals surface area contributed by atoms with Crippen molar-refractivity contribution in [1.82, 2.24) is 0 Å². The number of carboxylic acids is 1. The van der Waals surface area contributed by atoms with Crippen LogP contribution in [-0.2, 0) is 10.0 Å². The molecule has 3 rings (SSSR count). The van der Waals surface area contributed by atoms with E-state index in [9.17, 15) is 18.3 Å². The molecule has 3 aromatic rings. The fraction of sp³-hybridized carbons (Fsp3) is 0.0556. The molecule has 0 fully saturated rings. The van der Waals surface area contributed by atoms with Crippen LogP contribution in [0.15, 0.2) is 65.6 Å². The molecule has 0 spiro atoms. The minimum absolute atomic E-state index is 0.0247. The average molecular weight is 373 g/mol. The zero-order chi connectivity index (χ0) is 18.0. The average Bonchev–Trinajstić information content (AvgIpc) is 2.92. The SMILES string of the molecule is Cc1c(-c2ccccc2)sc(NS(=O)(=O)c2ccccc2)c1C(=O)O. The highest BCUT2D eigenvalue weighted by Gasteiger charge is 2.25. The highest BCUT2D eigenvalue weighted by Crippen LogP contribution is 2.40. The molecule has 0 bridgehead atoms. The van der Waals surface area contributed by atoms with Crippen LogP contribution in [0.5, 0.6) is 0 Å². The van der Waals surface area contributed by atoms with Gasteiger partial charge in [0.05, 0.1) is 10.5 Å². The number of hydrogen-bond donors (Lipinski definition) is 2. The van der Waals surface area contributed by atoms with E-state index in [0.29, 0.717) is 5.56 Å². The molecule has 7 heteroatoms. The first-order chi connectivity index (χ1) is 11.9. The third-order valence-corrected chi connectivity index (χ3v) is 6.43. The number of anilines is 1. The molecular formula is C18H15NO4S2. The standard InChI is InChI=1S/C18H15NO4S2/c1-12-15(18(20)21)17(24-16(12)13-8-4-2-5-9-13)19-25(22,23)14-10-6-3-7-11-14/h2-11,19H,1H3,(H,20,21). The van der Waals surface area contributed by atoms with Crippen LogP contribution in [0.1, 0.15) is 15.9 Å². The summed E-state index contributed by atoms with van der Waals surface area (Å²) >= 11 is 1.12. The van der Waals surface area contributed by atoms with E-state index in [1.54, 1.807) is 25.1 Å². The Kier molecular flexibility index (Phi) is 4.61. The molecular weight excluding hydrogens is 358 g/mol. The van der Waals surface area contributed by atoms with E-state index in [0.717, 1.165) is 21.8 Å². The van der Waals surface area contributed by atoms with E-state index in [1.807, 2.05) is 30.3 Å². The third kappa shape index (κ3) is 3.42. The van der Waals surface area contributed by atoms with Crippen molar-refractivity contribution in [3.05, 3.63) is 71.8 Å². The molecule has 2 aromatic carbocycles. The number of aromatic carboxylic acids is 1. The van der Waals surface area contributed by atoms with Gasteiger partial charge in [-0.15, -0.1) is 11.3 Å². The van der Waals surface area contributed by atoms with Gasteiger partial charge in [0.1, 0.15) is 5.00 Å². The summed E-state index contributed by atoms with van der Waals surface area (Å²) in [6.45, 7) is 1.68. The molecule has 0 aliphatic rings. The van der Waals surface area contributed by atoms with Crippen molar-refractivity contribution in [2.24, 2.45) is 0 Å². The Morgan fingerprint density at radius 3 is 2.12 bits per heavy atom. The van der Waals surface area contributed by atoms with Gasteiger partial charge in [-0.25, -0.2) is 13.2 Å². The Balaban J connectivity index is 2.09. The van der Waals surface area contributed by atoms with Crippen molar-refractivity contribution >= 4 is 32.3 Å². The molecule has 1 aromatic heterocycles. The fourth-order valence-electron chi connectivity index (χ4n) is 2.49. The van der Waals surface area contributed by atoms with Crippen molar-refractivity contribution in [2.75, 3.05) is 4.72 Å². The van der Waals surface area contributed by atoms with Crippen LogP contribution in [0.25, 0.3) is 10.4 Å². The van der Waals surface area contributed by atoms with Gasteiger partial charge < -0.3 is 5.11 Å². The number of nitrogens with one attached hydrogen (secondary N) is 1. The molecule has 2 N–H and O–H groups in total. The van der Waals surface area contributed by atoms with Gasteiger partial charge in [-0.2, -0.15) is 0 Å². The van der Waals surface area contributed by atoms with E-state index in [1.165, 1.54) is 12.1 Å². The minimum Gasteiger partial charge on any atom is -0.478 e. The molecule has 0 saturated heterocycles. The first-order valence-corrected chi connectivity index (χ1v) is 9.70. The zero-order valence-electron chi connectivity index (χ0n) is 13.3. The van der Waals surface area contributed by atoms with E-state index >= 15 is 0 Å². The number of carboxylic acid groups (broad SMARTS) is 1. The third-order valence-electron chi connectivity index (χ3n) is 3.68. The van der Waals surface area contributed by atoms with Crippen LogP contribution in [0.2, 0.25) is 0 Å². The summed E-state index contributed by atoms with van der Waals surface area (Å²) in [6.07, 6.45) is 0. The van der Waals surface area contributed by atoms with Gasteiger partial charge in [-0.3, -0.25) is 4.72 Å². The van der Waals surface area contributed by atoms with Crippen LogP contribution >= 0.6 is 11.3 Å². The second kappa shape index (κ2) is 6.70. The molecule has 0 atom stereocenters. The molecule has 0 radical (unpaired) electrons. The molecule has 1 heterocycles. The van der Waals surface area contributed by atoms with Crippen molar-refractivity contribution < 1.29 is 18.3 Å². The van der Waals surface area contributed by atoms with Crippen molar-refractivity contribution in [2.45, 2.75) is 11.8 Å². The Morgan fingerprint density at radius 2 is 1.56 bits per heavy atom. The quantitative estimate of drug-likeness (QED) is 0.701. The van der Waals surface area contributed by atoms with Gasteiger partial charge in [0, 0.05) is 4.88 Å². The van der Waals surface area contributed by atoms with E-state index in [2.05, 4.69) is 4.72 Å². The number of thiophene rings is 1. The lowest BCUT2D eigenvalue weighted by Crippen LogP contribution is -2.14. The molecule has 128 valence electrons. The van der Waals surface area contributed by atoms with Gasteiger partial charge in [0.2, 0.25) is 0 Å². The Hall–Kier alpha value is -2.64. The zero-order valence-corrected chi connectivity index (χ0v) is 14.9. The normalized spacial score (nSPS) is 11.2. The predicted octanol–water partition coefficient (Wildman–Crippen LogP) is 4.22. The van der Waals surface area contributed by atoms with Crippen molar-refractivity contribution in [1.29, 1.82) is 0 Å². The first kappa shape index (κ1) is 17.2. The maximum Gasteiger partial charge on any atom is 0.339 e. The monoisotopic (exact) mass is 373 g/mol. The molecule has 0 aliphatic carbocycles. The Bertz CT molecular complexity index is 1010. The summed E-state index contributed by atoms with van der Waals surface area (Å²) in [6, 6.07) is 17.1. The molecule has 0 saturated carbocycles. The maximum atomic E-state index is 12.5. The van der Waals surface area contributed by atoms with E-state index in [-0.39, 0.29) is 15.5 Å². The molecule has 5 nitrogen and oxygen atoms in total. The van der Waals surface area contributed by atoms with E-state index in [4.69, 9.17) is 0 Å².